The number of halogens is 2. The summed E-state index contributed by atoms with van der Waals surface area (Å²) in [5, 5.41) is 19.8. The molecule has 0 aromatic heterocycles. The second-order valence-corrected chi connectivity index (χ2v) is 5.51. The third-order valence-corrected chi connectivity index (χ3v) is 3.60. The van der Waals surface area contributed by atoms with Gasteiger partial charge in [-0.2, -0.15) is 11.6 Å². The Morgan fingerprint density at radius 1 is 0.704 bits per heavy atom. The molecule has 4 aromatic rings. The molecule has 0 aliphatic rings. The average molecular weight is 445 g/mol. The maximum Gasteiger partial charge on any atom is 0.164 e. The molecule has 0 radical (unpaired) electrons. The van der Waals surface area contributed by atoms with Crippen LogP contribution in [0.1, 0.15) is 5.56 Å². The number of hydrogen-bond donors (Lipinski definition) is 2. The van der Waals surface area contributed by atoms with E-state index in [0.29, 0.717) is 0 Å². The maximum atomic E-state index is 12.1. The second-order valence-electron chi connectivity index (χ2n) is 5.51. The molecule has 4 aromatic carbocycles. The summed E-state index contributed by atoms with van der Waals surface area (Å²) in [7, 11) is 0. The van der Waals surface area contributed by atoms with Gasteiger partial charge in [0.2, 0.25) is 0 Å². The van der Waals surface area contributed by atoms with Crippen LogP contribution in [-0.4, -0.2) is 10.2 Å². The zero-order chi connectivity index (χ0) is 18.9. The third kappa shape index (κ3) is 7.03. The summed E-state index contributed by atoms with van der Waals surface area (Å²) in [4.78, 5) is 0. The molecule has 0 unspecified atom stereocenters. The van der Waals surface area contributed by atoms with Gasteiger partial charge in [-0.05, 0) is 24.3 Å². The number of aromatic hydroxyl groups is 2. The molecule has 0 atom stereocenters. The van der Waals surface area contributed by atoms with Gasteiger partial charge in [-0.1, -0.05) is 37.3 Å². The summed E-state index contributed by atoms with van der Waals surface area (Å²) in [5.41, 5.74) is 1.37. The van der Waals surface area contributed by atoms with E-state index in [1.165, 1.54) is 52.7 Å². The molecule has 0 spiro atoms. The van der Waals surface area contributed by atoms with Crippen LogP contribution in [0.3, 0.4) is 0 Å². The minimum Gasteiger partial charge on any atom is -0.505 e. The molecular weight excluding hydrogens is 425 g/mol. The smallest absolute Gasteiger partial charge is 0.164 e. The molecule has 0 heterocycles. The van der Waals surface area contributed by atoms with Crippen molar-refractivity contribution in [1.29, 1.82) is 0 Å². The van der Waals surface area contributed by atoms with E-state index in [9.17, 15) is 8.78 Å². The maximum absolute atomic E-state index is 12.1. The van der Waals surface area contributed by atoms with Crippen molar-refractivity contribution in [2.45, 2.75) is 6.92 Å². The van der Waals surface area contributed by atoms with Crippen LogP contribution in [0, 0.1) is 18.6 Å². The Bertz CT molecular complexity index is 882. The molecule has 2 N–H and O–H groups in total. The van der Waals surface area contributed by atoms with Gasteiger partial charge in [0, 0.05) is 26.2 Å². The molecule has 0 fully saturated rings. The Balaban J connectivity index is 0.000000201. The summed E-state index contributed by atoms with van der Waals surface area (Å²) in [6.45, 7) is 2.14. The van der Waals surface area contributed by atoms with Crippen LogP contribution in [0.4, 0.5) is 8.78 Å². The molecular formula is C22H19F2O2Zr-. The number of benzene rings is 3. The van der Waals surface area contributed by atoms with Gasteiger partial charge < -0.3 is 10.2 Å². The number of phenols is 2. The van der Waals surface area contributed by atoms with Crippen LogP contribution in [0.2, 0.25) is 0 Å². The molecule has 27 heavy (non-hydrogen) atoms. The van der Waals surface area contributed by atoms with E-state index in [1.807, 2.05) is 0 Å². The van der Waals surface area contributed by atoms with Gasteiger partial charge in [0.05, 0.1) is 0 Å². The number of fused-ring (bicyclic) bond motifs is 1. The van der Waals surface area contributed by atoms with Gasteiger partial charge in [0.1, 0.15) is 0 Å². The topological polar surface area (TPSA) is 40.5 Å². The summed E-state index contributed by atoms with van der Waals surface area (Å²) >= 11 is 0. The Morgan fingerprint density at radius 3 is 1.56 bits per heavy atom. The first-order valence-corrected chi connectivity index (χ1v) is 7.97. The van der Waals surface area contributed by atoms with Gasteiger partial charge in [-0.3, -0.25) is 0 Å². The number of hydrogen-bond acceptors (Lipinski definition) is 2. The van der Waals surface area contributed by atoms with E-state index >= 15 is 0 Å². The summed E-state index contributed by atoms with van der Waals surface area (Å²) in [5.74, 6) is -1.75. The Morgan fingerprint density at radius 2 is 1.15 bits per heavy atom. The molecule has 0 saturated heterocycles. The first kappa shape index (κ1) is 22.7. The van der Waals surface area contributed by atoms with Crippen LogP contribution < -0.4 is 0 Å². The molecule has 2 nitrogen and oxygen atoms in total. The van der Waals surface area contributed by atoms with E-state index in [1.54, 1.807) is 12.1 Å². The number of aryl methyl sites for hydroxylation is 1. The zero-order valence-electron chi connectivity index (χ0n) is 14.7. The van der Waals surface area contributed by atoms with Crippen molar-refractivity contribution in [1.82, 2.24) is 0 Å². The Labute approximate surface area is 176 Å². The standard InChI is InChI=1S/C10H9.2C6H5FO.Zr/c1-8-6-7-9-4-2-3-5-10(8)9;2*7-5-3-1-2-4-6(5)8;/h2-7H,1H3;2*1-4,8H;/q-1;;;. The van der Waals surface area contributed by atoms with Gasteiger partial charge in [-0.15, -0.1) is 35.0 Å². The van der Waals surface area contributed by atoms with Crippen molar-refractivity contribution in [2.24, 2.45) is 0 Å². The van der Waals surface area contributed by atoms with Crippen molar-refractivity contribution >= 4 is 10.8 Å². The zero-order valence-corrected chi connectivity index (χ0v) is 17.2. The van der Waals surface area contributed by atoms with E-state index < -0.39 is 11.6 Å². The molecule has 0 aliphatic heterocycles. The number of phenolic OH excluding ortho intramolecular Hbond substituents is 2. The number of rotatable bonds is 0. The van der Waals surface area contributed by atoms with E-state index in [4.69, 9.17) is 10.2 Å². The molecule has 5 heteroatoms. The third-order valence-electron chi connectivity index (χ3n) is 3.60. The van der Waals surface area contributed by atoms with Crippen molar-refractivity contribution in [3.05, 3.63) is 102 Å². The Hall–Kier alpha value is -2.39. The van der Waals surface area contributed by atoms with E-state index in [-0.39, 0.29) is 37.7 Å². The molecule has 0 aliphatic carbocycles. The SMILES string of the molecule is Cc1c[cH-]c2ccccc12.Oc1ccccc1F.Oc1ccccc1F.[Zr]. The molecule has 138 valence electrons. The van der Waals surface area contributed by atoms with Crippen molar-refractivity contribution in [2.75, 3.05) is 0 Å². The van der Waals surface area contributed by atoms with Gasteiger partial charge in [0.25, 0.3) is 0 Å². The fourth-order valence-corrected chi connectivity index (χ4v) is 2.21. The van der Waals surface area contributed by atoms with Crippen LogP contribution >= 0.6 is 0 Å². The minimum absolute atomic E-state index is 0. The molecule has 0 amide bonds. The first-order valence-electron chi connectivity index (χ1n) is 7.97. The molecule has 0 saturated carbocycles. The Kier molecular flexibility index (Phi) is 9.53. The summed E-state index contributed by atoms with van der Waals surface area (Å²) < 4.78 is 24.1. The fourth-order valence-electron chi connectivity index (χ4n) is 2.21. The van der Waals surface area contributed by atoms with Crippen LogP contribution in [0.25, 0.3) is 10.8 Å². The monoisotopic (exact) mass is 443 g/mol. The van der Waals surface area contributed by atoms with E-state index in [2.05, 4.69) is 43.3 Å². The fraction of sp³-hybridized carbons (Fsp3) is 0.0455. The average Bonchev–Trinajstić information content (AvgIpc) is 3.03. The summed E-state index contributed by atoms with van der Waals surface area (Å²) in [6.07, 6.45) is 0. The normalized spacial score (nSPS) is 9.30. The first-order chi connectivity index (χ1) is 12.5. The molecule has 4 rings (SSSR count). The van der Waals surface area contributed by atoms with Crippen LogP contribution in [0.15, 0.2) is 84.9 Å². The van der Waals surface area contributed by atoms with Crippen LogP contribution in [-0.2, 0) is 26.2 Å². The van der Waals surface area contributed by atoms with Gasteiger partial charge in [-0.25, -0.2) is 8.78 Å². The quantitative estimate of drug-likeness (QED) is 0.330. The van der Waals surface area contributed by atoms with Gasteiger partial charge >= 0.3 is 0 Å². The van der Waals surface area contributed by atoms with Crippen LogP contribution in [0.5, 0.6) is 11.5 Å². The van der Waals surface area contributed by atoms with E-state index in [0.717, 1.165) is 0 Å². The van der Waals surface area contributed by atoms with Crippen molar-refractivity contribution < 1.29 is 45.2 Å². The minimum atomic E-state index is -0.576. The largest absolute Gasteiger partial charge is 0.505 e. The predicted octanol–water partition coefficient (Wildman–Crippen LogP) is 5.93. The van der Waals surface area contributed by atoms with Crippen molar-refractivity contribution in [3.63, 3.8) is 0 Å². The second kappa shape index (κ2) is 11.4. The predicted molar refractivity (Wildman–Crippen MR) is 100 cm³/mol. The summed E-state index contributed by atoms with van der Waals surface area (Å²) in [6, 6.07) is 24.0. The number of para-hydroxylation sites is 2. The molecule has 0 bridgehead atoms. The van der Waals surface area contributed by atoms with Gasteiger partial charge in [0.15, 0.2) is 23.1 Å². The van der Waals surface area contributed by atoms with Crippen molar-refractivity contribution in [3.8, 4) is 11.5 Å².